The number of fused-ring (bicyclic) bond motifs is 1. The van der Waals surface area contributed by atoms with Crippen LogP contribution in [0.25, 0.3) is 10.9 Å². The molecule has 2 aromatic carbocycles. The van der Waals surface area contributed by atoms with E-state index < -0.39 is 0 Å². The van der Waals surface area contributed by atoms with Crippen LogP contribution in [0.4, 0.5) is 0 Å². The summed E-state index contributed by atoms with van der Waals surface area (Å²) in [6.45, 7) is 0. The van der Waals surface area contributed by atoms with Crippen LogP contribution in [0, 0.1) is 0 Å². The minimum atomic E-state index is -0.0755. The van der Waals surface area contributed by atoms with Crippen molar-refractivity contribution in [1.82, 2.24) is 4.57 Å². The van der Waals surface area contributed by atoms with Crippen LogP contribution in [0.1, 0.15) is 26.4 Å². The van der Waals surface area contributed by atoms with E-state index in [4.69, 9.17) is 23.2 Å². The maximum atomic E-state index is 12.9. The molecule has 146 valence electrons. The second-order valence-electron chi connectivity index (χ2n) is 6.84. The summed E-state index contributed by atoms with van der Waals surface area (Å²) in [5.41, 5.74) is 2.84. The molecule has 0 saturated heterocycles. The zero-order chi connectivity index (χ0) is 20.5. The molecular weight excluding hydrogens is 425 g/mol. The molecule has 0 aliphatic heterocycles. The average molecular weight is 442 g/mol. The average Bonchev–Trinajstić information content (AvgIpc) is 3.14. The van der Waals surface area contributed by atoms with Crippen molar-refractivity contribution in [3.8, 4) is 0 Å². The fourth-order valence-corrected chi connectivity index (χ4v) is 4.60. The van der Waals surface area contributed by atoms with Crippen LogP contribution >= 0.6 is 34.5 Å². The van der Waals surface area contributed by atoms with Gasteiger partial charge in [0.2, 0.25) is 0 Å². The Hall–Kier alpha value is -2.40. The van der Waals surface area contributed by atoms with Gasteiger partial charge >= 0.3 is 0 Å². The number of thiophene rings is 1. The van der Waals surface area contributed by atoms with Gasteiger partial charge in [-0.1, -0.05) is 23.2 Å². The Morgan fingerprint density at radius 2 is 1.66 bits per heavy atom. The molecule has 0 fully saturated rings. The van der Waals surface area contributed by atoms with Gasteiger partial charge in [-0.2, -0.15) is 0 Å². The van der Waals surface area contributed by atoms with Gasteiger partial charge < -0.3 is 4.57 Å². The lowest BCUT2D eigenvalue weighted by molar-refractivity contribution is 0.103. The minimum Gasteiger partial charge on any atom is -0.311 e. The Morgan fingerprint density at radius 3 is 2.34 bits per heavy atom. The summed E-state index contributed by atoms with van der Waals surface area (Å²) in [4.78, 5) is 26.5. The van der Waals surface area contributed by atoms with Crippen molar-refractivity contribution in [2.75, 3.05) is 0 Å². The molecule has 6 heteroatoms. The largest absolute Gasteiger partial charge is 0.311 e. The Labute approximate surface area is 182 Å². The number of rotatable bonds is 5. The molecule has 0 unspecified atom stereocenters. The molecule has 0 spiro atoms. The van der Waals surface area contributed by atoms with Crippen molar-refractivity contribution in [3.63, 3.8) is 0 Å². The number of hydrogen-bond acceptors (Lipinski definition) is 3. The first-order valence-electron chi connectivity index (χ1n) is 9.09. The Balaban J connectivity index is 1.75. The summed E-state index contributed by atoms with van der Waals surface area (Å²) in [7, 11) is 1.74. The lowest BCUT2D eigenvalue weighted by atomic mass is 9.98. The summed E-state index contributed by atoms with van der Waals surface area (Å²) >= 11 is 13.5. The fourth-order valence-electron chi connectivity index (χ4n) is 3.39. The molecule has 0 atom stereocenters. The normalized spacial score (nSPS) is 11.1. The van der Waals surface area contributed by atoms with Gasteiger partial charge in [0, 0.05) is 39.5 Å². The quantitative estimate of drug-likeness (QED) is 0.360. The number of aryl methyl sites for hydroxylation is 3. The zero-order valence-electron chi connectivity index (χ0n) is 15.6. The highest BCUT2D eigenvalue weighted by Crippen LogP contribution is 2.25. The highest BCUT2D eigenvalue weighted by atomic mass is 35.5. The van der Waals surface area contributed by atoms with Crippen LogP contribution in [0.5, 0.6) is 0 Å². The van der Waals surface area contributed by atoms with E-state index in [1.54, 1.807) is 59.3 Å². The SMILES string of the molecule is Cn1c(=O)cc(CCc2ccc(Cl)s2)c2cc(C(=O)c3ccc(Cl)cc3)ccc21. The minimum absolute atomic E-state index is 0.0616. The van der Waals surface area contributed by atoms with Gasteiger partial charge in [0.15, 0.2) is 5.78 Å². The first-order valence-corrected chi connectivity index (χ1v) is 10.7. The van der Waals surface area contributed by atoms with Gasteiger partial charge in [-0.15, -0.1) is 11.3 Å². The van der Waals surface area contributed by atoms with Crippen molar-refractivity contribution in [3.05, 3.63) is 102 Å². The predicted molar refractivity (Wildman–Crippen MR) is 121 cm³/mol. The topological polar surface area (TPSA) is 39.1 Å². The van der Waals surface area contributed by atoms with E-state index in [0.717, 1.165) is 32.1 Å². The van der Waals surface area contributed by atoms with Crippen LogP contribution in [0.2, 0.25) is 9.36 Å². The Morgan fingerprint density at radius 1 is 0.931 bits per heavy atom. The number of halogens is 2. The Bertz CT molecular complexity index is 1270. The Kier molecular flexibility index (Phi) is 5.59. The molecule has 0 radical (unpaired) electrons. The standard InChI is InChI=1S/C23H17Cl2NO2S/c1-26-20-10-5-16(23(28)14-2-6-17(24)7-3-14)12-19(20)15(13-22(26)27)4-8-18-9-11-21(25)29-18/h2-3,5-7,9-13H,4,8H2,1H3. The molecule has 0 aliphatic rings. The van der Waals surface area contributed by atoms with E-state index in [1.165, 1.54) is 0 Å². The van der Waals surface area contributed by atoms with Gasteiger partial charge in [0.25, 0.3) is 5.56 Å². The predicted octanol–water partition coefficient (Wildman–Crippen LogP) is 5.92. The molecule has 4 aromatic rings. The number of benzene rings is 2. The number of carbonyl (C=O) groups is 1. The fraction of sp³-hybridized carbons (Fsp3) is 0.130. The van der Waals surface area contributed by atoms with Gasteiger partial charge in [-0.05, 0) is 73.0 Å². The van der Waals surface area contributed by atoms with E-state index in [2.05, 4.69) is 0 Å². The number of pyridine rings is 1. The van der Waals surface area contributed by atoms with Crippen molar-refractivity contribution in [2.24, 2.45) is 7.05 Å². The third kappa shape index (κ3) is 4.15. The van der Waals surface area contributed by atoms with Gasteiger partial charge in [-0.3, -0.25) is 9.59 Å². The van der Waals surface area contributed by atoms with Gasteiger partial charge in [0.05, 0.1) is 9.85 Å². The summed E-state index contributed by atoms with van der Waals surface area (Å²) in [6.07, 6.45) is 1.48. The molecule has 0 amide bonds. The van der Waals surface area contributed by atoms with Crippen molar-refractivity contribution in [2.45, 2.75) is 12.8 Å². The van der Waals surface area contributed by atoms with Crippen LogP contribution in [0.3, 0.4) is 0 Å². The number of ketones is 1. The van der Waals surface area contributed by atoms with Crippen molar-refractivity contribution < 1.29 is 4.79 Å². The summed E-state index contributed by atoms with van der Waals surface area (Å²) in [5.74, 6) is -0.0755. The van der Waals surface area contributed by atoms with Gasteiger partial charge in [0.1, 0.15) is 0 Å². The van der Waals surface area contributed by atoms with E-state index in [-0.39, 0.29) is 11.3 Å². The maximum absolute atomic E-state index is 12.9. The molecule has 0 saturated carbocycles. The molecule has 0 aliphatic carbocycles. The number of carbonyl (C=O) groups excluding carboxylic acids is 1. The number of hydrogen-bond donors (Lipinski definition) is 0. The van der Waals surface area contributed by atoms with Crippen molar-refractivity contribution >= 4 is 51.2 Å². The first-order chi connectivity index (χ1) is 13.9. The van der Waals surface area contributed by atoms with E-state index in [0.29, 0.717) is 22.6 Å². The highest BCUT2D eigenvalue weighted by Gasteiger charge is 2.13. The van der Waals surface area contributed by atoms with E-state index in [1.807, 2.05) is 24.3 Å². The van der Waals surface area contributed by atoms with Crippen LogP contribution < -0.4 is 5.56 Å². The van der Waals surface area contributed by atoms with E-state index in [9.17, 15) is 9.59 Å². The molecule has 2 heterocycles. The van der Waals surface area contributed by atoms with E-state index >= 15 is 0 Å². The molecule has 2 aromatic heterocycles. The smallest absolute Gasteiger partial charge is 0.251 e. The molecule has 4 rings (SSSR count). The second kappa shape index (κ2) is 8.15. The number of nitrogens with zero attached hydrogens (tertiary/aromatic N) is 1. The summed E-state index contributed by atoms with van der Waals surface area (Å²) in [5, 5.41) is 1.50. The third-order valence-electron chi connectivity index (χ3n) is 4.97. The number of aromatic nitrogens is 1. The molecule has 0 bridgehead atoms. The monoisotopic (exact) mass is 441 g/mol. The third-order valence-corrected chi connectivity index (χ3v) is 6.51. The van der Waals surface area contributed by atoms with Crippen LogP contribution in [-0.2, 0) is 19.9 Å². The summed E-state index contributed by atoms with van der Waals surface area (Å²) in [6, 6.07) is 17.9. The van der Waals surface area contributed by atoms with Crippen LogP contribution in [0.15, 0.2) is 65.5 Å². The highest BCUT2D eigenvalue weighted by molar-refractivity contribution is 7.16. The second-order valence-corrected chi connectivity index (χ2v) is 9.08. The lowest BCUT2D eigenvalue weighted by Gasteiger charge is -2.12. The van der Waals surface area contributed by atoms with Gasteiger partial charge in [-0.25, -0.2) is 0 Å². The maximum Gasteiger partial charge on any atom is 0.251 e. The molecular formula is C23H17Cl2NO2S. The first kappa shape index (κ1) is 19.9. The molecule has 0 N–H and O–H groups in total. The molecule has 29 heavy (non-hydrogen) atoms. The van der Waals surface area contributed by atoms with Crippen molar-refractivity contribution in [1.29, 1.82) is 0 Å². The zero-order valence-corrected chi connectivity index (χ0v) is 17.9. The summed E-state index contributed by atoms with van der Waals surface area (Å²) < 4.78 is 2.36. The lowest BCUT2D eigenvalue weighted by Crippen LogP contribution is -2.17. The van der Waals surface area contributed by atoms with Crippen LogP contribution in [-0.4, -0.2) is 10.4 Å². The molecule has 3 nitrogen and oxygen atoms in total.